The summed E-state index contributed by atoms with van der Waals surface area (Å²) in [5, 5.41) is 9.69. The zero-order chi connectivity index (χ0) is 10.8. The fourth-order valence-electron chi connectivity index (χ4n) is 1.39. The van der Waals surface area contributed by atoms with Crippen LogP contribution in [0.15, 0.2) is 0 Å². The van der Waals surface area contributed by atoms with Crippen LogP contribution >= 0.6 is 0 Å². The van der Waals surface area contributed by atoms with Gasteiger partial charge in [0, 0.05) is 25.9 Å². The van der Waals surface area contributed by atoms with Crippen LogP contribution in [0, 0.1) is 0 Å². The number of ketones is 1. The van der Waals surface area contributed by atoms with Gasteiger partial charge in [-0.2, -0.15) is 0 Å². The lowest BCUT2D eigenvalue weighted by molar-refractivity contribution is -0.240. The number of aliphatic hydroxyl groups is 1. The largest absolute Gasteiger partial charge is 0.356 e. The second-order valence-corrected chi connectivity index (χ2v) is 4.63. The summed E-state index contributed by atoms with van der Waals surface area (Å²) >= 11 is 0. The third-order valence-corrected chi connectivity index (χ3v) is 2.13. The van der Waals surface area contributed by atoms with Crippen LogP contribution < -0.4 is 0 Å². The van der Waals surface area contributed by atoms with Gasteiger partial charge in [0.1, 0.15) is 5.78 Å². The van der Waals surface area contributed by atoms with Crippen molar-refractivity contribution in [1.29, 1.82) is 0 Å². The third-order valence-electron chi connectivity index (χ3n) is 2.13. The minimum Gasteiger partial charge on any atom is -0.356 e. The number of rotatable bonds is 2. The first-order valence-electron chi connectivity index (χ1n) is 5.00. The van der Waals surface area contributed by atoms with Crippen molar-refractivity contribution in [1.82, 2.24) is 4.90 Å². The number of hydrogen-bond acceptors (Lipinski definition) is 4. The number of nitrogens with zero attached hydrogens (tertiary/aromatic N) is 1. The molecule has 0 aromatic carbocycles. The van der Waals surface area contributed by atoms with Crippen LogP contribution in [0.5, 0.6) is 0 Å². The van der Waals surface area contributed by atoms with E-state index >= 15 is 0 Å². The van der Waals surface area contributed by atoms with Gasteiger partial charge in [-0.3, -0.25) is 9.69 Å². The molecule has 0 aliphatic carbocycles. The Kier molecular flexibility index (Phi) is 3.64. The lowest BCUT2D eigenvalue weighted by Gasteiger charge is -2.34. The Bertz CT molecular complexity index is 200. The molecule has 0 aromatic rings. The van der Waals surface area contributed by atoms with Crippen LogP contribution in [0.1, 0.15) is 33.6 Å². The SMILES string of the molecule is CC(C)(C)OC(O)N1CCC(=O)CC1. The zero-order valence-electron chi connectivity index (χ0n) is 9.12. The summed E-state index contributed by atoms with van der Waals surface area (Å²) in [5.74, 6) is 0.268. The maximum Gasteiger partial charge on any atom is 0.216 e. The predicted molar refractivity (Wildman–Crippen MR) is 52.7 cm³/mol. The van der Waals surface area contributed by atoms with E-state index in [1.54, 1.807) is 4.90 Å². The van der Waals surface area contributed by atoms with E-state index in [2.05, 4.69) is 0 Å². The van der Waals surface area contributed by atoms with Crippen molar-refractivity contribution < 1.29 is 14.6 Å². The third kappa shape index (κ3) is 3.74. The Morgan fingerprint density at radius 3 is 2.29 bits per heavy atom. The molecule has 4 heteroatoms. The van der Waals surface area contributed by atoms with Gasteiger partial charge in [-0.25, -0.2) is 0 Å². The van der Waals surface area contributed by atoms with E-state index in [9.17, 15) is 9.90 Å². The van der Waals surface area contributed by atoms with Crippen molar-refractivity contribution in [3.63, 3.8) is 0 Å². The lowest BCUT2D eigenvalue weighted by atomic mass is 10.1. The number of aliphatic hydroxyl groups excluding tert-OH is 1. The molecule has 0 saturated carbocycles. The molecule has 1 heterocycles. The first kappa shape index (κ1) is 11.6. The molecule has 0 amide bonds. The summed E-state index contributed by atoms with van der Waals surface area (Å²) in [4.78, 5) is 12.8. The molecule has 0 radical (unpaired) electrons. The maximum atomic E-state index is 11.0. The maximum absolute atomic E-state index is 11.0. The number of piperidine rings is 1. The second kappa shape index (κ2) is 4.38. The number of ether oxygens (including phenoxy) is 1. The fraction of sp³-hybridized carbons (Fsp3) is 0.900. The van der Waals surface area contributed by atoms with Gasteiger partial charge in [-0.05, 0) is 20.8 Å². The Hall–Kier alpha value is -0.450. The van der Waals surface area contributed by atoms with E-state index in [1.165, 1.54) is 0 Å². The monoisotopic (exact) mass is 201 g/mol. The molecule has 1 saturated heterocycles. The highest BCUT2D eigenvalue weighted by molar-refractivity contribution is 5.79. The molecule has 1 atom stereocenters. The lowest BCUT2D eigenvalue weighted by Crippen LogP contribution is -2.45. The van der Waals surface area contributed by atoms with Crippen molar-refractivity contribution in [2.75, 3.05) is 13.1 Å². The van der Waals surface area contributed by atoms with Gasteiger partial charge in [-0.1, -0.05) is 0 Å². The van der Waals surface area contributed by atoms with E-state index in [-0.39, 0.29) is 11.4 Å². The van der Waals surface area contributed by atoms with E-state index in [1.807, 2.05) is 20.8 Å². The first-order valence-corrected chi connectivity index (χ1v) is 5.00. The van der Waals surface area contributed by atoms with Crippen LogP contribution in [0.4, 0.5) is 0 Å². The minimum atomic E-state index is -0.886. The Balaban J connectivity index is 2.38. The van der Waals surface area contributed by atoms with Crippen LogP contribution in [0.3, 0.4) is 0 Å². The summed E-state index contributed by atoms with van der Waals surface area (Å²) in [6.07, 6.45) is 0.151. The van der Waals surface area contributed by atoms with Crippen molar-refractivity contribution in [3.8, 4) is 0 Å². The normalized spacial score (nSPS) is 22.4. The highest BCUT2D eigenvalue weighted by Crippen LogP contribution is 2.15. The Labute approximate surface area is 84.8 Å². The summed E-state index contributed by atoms with van der Waals surface area (Å²) < 4.78 is 5.38. The summed E-state index contributed by atoms with van der Waals surface area (Å²) in [6.45, 7) is 6.87. The summed E-state index contributed by atoms with van der Waals surface area (Å²) in [7, 11) is 0. The Morgan fingerprint density at radius 2 is 1.86 bits per heavy atom. The molecular formula is C10H19NO3. The van der Waals surface area contributed by atoms with Crippen molar-refractivity contribution in [3.05, 3.63) is 0 Å². The molecule has 14 heavy (non-hydrogen) atoms. The van der Waals surface area contributed by atoms with E-state index in [0.29, 0.717) is 25.9 Å². The van der Waals surface area contributed by atoms with E-state index in [4.69, 9.17) is 4.74 Å². The molecular weight excluding hydrogens is 182 g/mol. The molecule has 1 N–H and O–H groups in total. The predicted octanol–water partition coefficient (Wildman–Crippen LogP) is 0.742. The second-order valence-electron chi connectivity index (χ2n) is 4.63. The van der Waals surface area contributed by atoms with Gasteiger partial charge in [0.25, 0.3) is 0 Å². The fourth-order valence-corrected chi connectivity index (χ4v) is 1.39. The molecule has 1 aliphatic heterocycles. The number of likely N-dealkylation sites (tertiary alicyclic amines) is 1. The minimum absolute atomic E-state index is 0.268. The molecule has 0 spiro atoms. The molecule has 1 unspecified atom stereocenters. The van der Waals surface area contributed by atoms with Gasteiger partial charge in [0.2, 0.25) is 6.41 Å². The van der Waals surface area contributed by atoms with Crippen molar-refractivity contribution in [2.24, 2.45) is 0 Å². The molecule has 1 rings (SSSR count). The highest BCUT2D eigenvalue weighted by Gasteiger charge is 2.25. The van der Waals surface area contributed by atoms with Crippen LogP contribution in [0.25, 0.3) is 0 Å². The van der Waals surface area contributed by atoms with Crippen molar-refractivity contribution >= 4 is 5.78 Å². The molecule has 1 fully saturated rings. The molecule has 1 aliphatic rings. The van der Waals surface area contributed by atoms with Gasteiger partial charge in [-0.15, -0.1) is 0 Å². The average molecular weight is 201 g/mol. The summed E-state index contributed by atoms with van der Waals surface area (Å²) in [6, 6.07) is 0. The quantitative estimate of drug-likeness (QED) is 0.669. The molecule has 4 nitrogen and oxygen atoms in total. The Morgan fingerprint density at radius 1 is 1.36 bits per heavy atom. The van der Waals surface area contributed by atoms with Gasteiger partial charge >= 0.3 is 0 Å². The van der Waals surface area contributed by atoms with E-state index in [0.717, 1.165) is 0 Å². The number of carbonyl (C=O) groups excluding carboxylic acids is 1. The standard InChI is InChI=1S/C10H19NO3/c1-10(2,3)14-9(13)11-6-4-8(12)5-7-11/h9,13H,4-7H2,1-3H3. The number of hydrogen-bond donors (Lipinski definition) is 1. The van der Waals surface area contributed by atoms with Crippen LogP contribution in [-0.4, -0.2) is 40.9 Å². The first-order chi connectivity index (χ1) is 6.38. The average Bonchev–Trinajstić information content (AvgIpc) is 2.02. The molecule has 0 aromatic heterocycles. The van der Waals surface area contributed by atoms with Gasteiger partial charge in [0.15, 0.2) is 0 Å². The summed E-state index contributed by atoms with van der Waals surface area (Å²) in [5.41, 5.74) is -0.360. The van der Waals surface area contributed by atoms with Crippen LogP contribution in [0.2, 0.25) is 0 Å². The van der Waals surface area contributed by atoms with Gasteiger partial charge < -0.3 is 9.84 Å². The van der Waals surface area contributed by atoms with E-state index < -0.39 is 6.41 Å². The van der Waals surface area contributed by atoms with Crippen molar-refractivity contribution in [2.45, 2.75) is 45.6 Å². The number of carbonyl (C=O) groups is 1. The van der Waals surface area contributed by atoms with Gasteiger partial charge in [0.05, 0.1) is 5.60 Å². The number of Topliss-reactive ketones (excluding diaryl/α,β-unsaturated/α-hetero) is 1. The zero-order valence-corrected chi connectivity index (χ0v) is 9.12. The van der Waals surface area contributed by atoms with Crippen LogP contribution in [-0.2, 0) is 9.53 Å². The topological polar surface area (TPSA) is 49.8 Å². The highest BCUT2D eigenvalue weighted by atomic mass is 16.6. The smallest absolute Gasteiger partial charge is 0.216 e. The molecule has 0 bridgehead atoms. The molecule has 82 valence electrons.